The van der Waals surface area contributed by atoms with Crippen LogP contribution in [0.1, 0.15) is 78.2 Å². The highest BCUT2D eigenvalue weighted by Crippen LogP contribution is 2.31. The van der Waals surface area contributed by atoms with Crippen LogP contribution in [0.3, 0.4) is 0 Å². The van der Waals surface area contributed by atoms with Crippen molar-refractivity contribution in [3.8, 4) is 0 Å². The topological polar surface area (TPSA) is 102 Å². The maximum atomic E-state index is 13.5. The second-order valence-electron chi connectivity index (χ2n) is 11.7. The largest absolute Gasteiger partial charge is 0.394 e. The summed E-state index contributed by atoms with van der Waals surface area (Å²) < 4.78 is 3.40. The smallest absolute Gasteiger partial charge is 0.278 e. The van der Waals surface area contributed by atoms with Gasteiger partial charge in [-0.15, -0.1) is 0 Å². The fourth-order valence-electron chi connectivity index (χ4n) is 4.26. The number of hydrogen-bond acceptors (Lipinski definition) is 8. The van der Waals surface area contributed by atoms with Crippen LogP contribution in [-0.2, 0) is 0 Å². The number of aliphatic hydroxyl groups is 1. The summed E-state index contributed by atoms with van der Waals surface area (Å²) in [5.74, 6) is 2.21. The lowest BCUT2D eigenvalue weighted by molar-refractivity contribution is 0.102. The minimum atomic E-state index is -0.557. The molecular weight excluding hydrogens is 484 g/mol. The summed E-state index contributed by atoms with van der Waals surface area (Å²) in [6.07, 6.45) is 4.88. The molecular formula is C28H44N6O2S. The Balaban J connectivity index is 1.83. The van der Waals surface area contributed by atoms with Crippen molar-refractivity contribution in [1.29, 1.82) is 0 Å². The molecule has 1 aliphatic heterocycles. The third-order valence-electron chi connectivity index (χ3n) is 6.69. The van der Waals surface area contributed by atoms with Crippen molar-refractivity contribution in [3.05, 3.63) is 36.2 Å². The number of aliphatic hydroxyl groups excluding tert-OH is 1. The number of amides is 1. The van der Waals surface area contributed by atoms with Gasteiger partial charge in [0.15, 0.2) is 11.5 Å². The van der Waals surface area contributed by atoms with Gasteiger partial charge in [-0.2, -0.15) is 0 Å². The van der Waals surface area contributed by atoms with E-state index in [1.165, 1.54) is 18.4 Å². The Hall–Kier alpha value is -2.36. The van der Waals surface area contributed by atoms with Crippen molar-refractivity contribution in [2.24, 2.45) is 11.8 Å². The van der Waals surface area contributed by atoms with Crippen LogP contribution in [0.15, 0.2) is 35.4 Å². The van der Waals surface area contributed by atoms with Gasteiger partial charge >= 0.3 is 0 Å². The van der Waals surface area contributed by atoms with Crippen LogP contribution in [0.5, 0.6) is 0 Å². The fraction of sp³-hybridized carbons (Fsp3) is 0.607. The van der Waals surface area contributed by atoms with Crippen LogP contribution in [0, 0.1) is 11.8 Å². The van der Waals surface area contributed by atoms with E-state index >= 15 is 0 Å². The lowest BCUT2D eigenvalue weighted by atomic mass is 9.84. The van der Waals surface area contributed by atoms with Crippen molar-refractivity contribution in [1.82, 2.24) is 14.7 Å². The predicted octanol–water partition coefficient (Wildman–Crippen LogP) is 5.57. The number of carbonyl (C=O) groups is 1. The second kappa shape index (κ2) is 12.5. The number of carbonyl (C=O) groups excluding carboxylic acids is 1. The van der Waals surface area contributed by atoms with E-state index in [9.17, 15) is 9.90 Å². The number of nitrogens with one attached hydrogen (secondary N) is 3. The quantitative estimate of drug-likeness (QED) is 0.297. The molecule has 2 heterocycles. The van der Waals surface area contributed by atoms with E-state index in [-0.39, 0.29) is 18.1 Å². The maximum absolute atomic E-state index is 13.5. The van der Waals surface area contributed by atoms with E-state index < -0.39 is 5.54 Å². The third kappa shape index (κ3) is 8.58. The van der Waals surface area contributed by atoms with Crippen LogP contribution < -0.4 is 20.3 Å². The maximum Gasteiger partial charge on any atom is 0.278 e. The Morgan fingerprint density at radius 3 is 2.54 bits per heavy atom. The van der Waals surface area contributed by atoms with Gasteiger partial charge in [-0.05, 0) is 89.4 Å². The molecule has 3 rings (SSSR count). The van der Waals surface area contributed by atoms with Gasteiger partial charge < -0.3 is 20.6 Å². The monoisotopic (exact) mass is 528 g/mol. The highest BCUT2D eigenvalue weighted by molar-refractivity contribution is 7.97. The number of aromatic nitrogens is 2. The molecule has 1 aromatic carbocycles. The molecule has 8 nitrogen and oxygen atoms in total. The Morgan fingerprint density at radius 2 is 1.92 bits per heavy atom. The van der Waals surface area contributed by atoms with Crippen molar-refractivity contribution in [2.75, 3.05) is 35.2 Å². The van der Waals surface area contributed by atoms with Gasteiger partial charge in [0.05, 0.1) is 18.3 Å². The van der Waals surface area contributed by atoms with Gasteiger partial charge in [-0.25, -0.2) is 9.97 Å². The molecule has 9 heteroatoms. The first kappa shape index (κ1) is 29.2. The first-order valence-electron chi connectivity index (χ1n) is 13.3. The standard InChI is InChI=1S/C28H44N6O2S/c1-8-19(2)20-12-14-34(15-13-20)25-24(29-17-23(31-25)32-28(6,7)18-35)26(36)30-21-10-9-11-22(16-21)37-33-27(3,4)5/h9-11,16-17,19-20,33,35H,8,12-15,18H2,1-7H3,(H,30,36)(H,31,32). The molecule has 2 aromatic rings. The lowest BCUT2D eigenvalue weighted by Crippen LogP contribution is -2.39. The molecule has 37 heavy (non-hydrogen) atoms. The highest BCUT2D eigenvalue weighted by atomic mass is 32.2. The zero-order valence-corrected chi connectivity index (χ0v) is 24.2. The minimum absolute atomic E-state index is 0.0306. The summed E-state index contributed by atoms with van der Waals surface area (Å²) in [5.41, 5.74) is 0.424. The molecule has 4 N–H and O–H groups in total. The van der Waals surface area contributed by atoms with Crippen LogP contribution >= 0.6 is 11.9 Å². The third-order valence-corrected chi connectivity index (χ3v) is 7.89. The van der Waals surface area contributed by atoms with Crippen LogP contribution in [0.25, 0.3) is 0 Å². The Labute approximate surface area is 226 Å². The van der Waals surface area contributed by atoms with Crippen LogP contribution in [0.4, 0.5) is 17.3 Å². The van der Waals surface area contributed by atoms with Crippen molar-refractivity contribution in [2.45, 2.75) is 83.7 Å². The summed E-state index contributed by atoms with van der Waals surface area (Å²) in [6.45, 7) is 16.3. The van der Waals surface area contributed by atoms with E-state index in [2.05, 4.69) is 59.9 Å². The molecule has 1 fully saturated rings. The number of piperidine rings is 1. The first-order chi connectivity index (χ1) is 17.4. The van der Waals surface area contributed by atoms with Gasteiger partial charge in [0.2, 0.25) is 0 Å². The molecule has 0 spiro atoms. The molecule has 1 saturated heterocycles. The SMILES string of the molecule is CCC(C)C1CCN(c2nc(NC(C)(C)CO)cnc2C(=O)Nc2cccc(SNC(C)(C)C)c2)CC1. The number of nitrogens with zero attached hydrogens (tertiary/aromatic N) is 3. The van der Waals surface area contributed by atoms with E-state index in [1.54, 1.807) is 6.20 Å². The fourth-order valence-corrected chi connectivity index (χ4v) is 5.02. The van der Waals surface area contributed by atoms with E-state index in [0.717, 1.165) is 30.8 Å². The Morgan fingerprint density at radius 1 is 1.22 bits per heavy atom. The zero-order valence-electron chi connectivity index (χ0n) is 23.4. The minimum Gasteiger partial charge on any atom is -0.394 e. The molecule has 0 bridgehead atoms. The Kier molecular flexibility index (Phi) is 9.83. The van der Waals surface area contributed by atoms with Gasteiger partial charge in [-0.3, -0.25) is 9.52 Å². The van der Waals surface area contributed by atoms with Crippen molar-refractivity contribution < 1.29 is 9.90 Å². The lowest BCUT2D eigenvalue weighted by Gasteiger charge is -2.36. The number of hydrogen-bond donors (Lipinski definition) is 4. The summed E-state index contributed by atoms with van der Waals surface area (Å²) in [5, 5.41) is 16.0. The molecule has 1 unspecified atom stereocenters. The highest BCUT2D eigenvalue weighted by Gasteiger charge is 2.28. The average Bonchev–Trinajstić information content (AvgIpc) is 2.86. The summed E-state index contributed by atoms with van der Waals surface area (Å²) >= 11 is 1.54. The normalized spacial score (nSPS) is 15.9. The molecule has 0 aliphatic carbocycles. The van der Waals surface area contributed by atoms with Gasteiger partial charge in [-0.1, -0.05) is 26.3 Å². The molecule has 1 amide bonds. The van der Waals surface area contributed by atoms with Crippen molar-refractivity contribution in [3.63, 3.8) is 0 Å². The predicted molar refractivity (Wildman–Crippen MR) is 154 cm³/mol. The number of rotatable bonds is 10. The number of benzene rings is 1. The average molecular weight is 529 g/mol. The van der Waals surface area contributed by atoms with Crippen molar-refractivity contribution >= 4 is 35.2 Å². The second-order valence-corrected chi connectivity index (χ2v) is 12.6. The van der Waals surface area contributed by atoms with Gasteiger partial charge in [0, 0.05) is 29.2 Å². The molecule has 204 valence electrons. The molecule has 0 radical (unpaired) electrons. The van der Waals surface area contributed by atoms with E-state index in [1.807, 2.05) is 38.1 Å². The van der Waals surface area contributed by atoms with Gasteiger partial charge in [0.1, 0.15) is 5.82 Å². The van der Waals surface area contributed by atoms with E-state index in [4.69, 9.17) is 4.98 Å². The summed E-state index contributed by atoms with van der Waals surface area (Å²) in [4.78, 5) is 26.0. The van der Waals surface area contributed by atoms with Crippen LogP contribution in [-0.4, -0.2) is 51.8 Å². The molecule has 1 aliphatic rings. The molecule has 1 aromatic heterocycles. The molecule has 1 atom stereocenters. The first-order valence-corrected chi connectivity index (χ1v) is 14.1. The van der Waals surface area contributed by atoms with Gasteiger partial charge in [0.25, 0.3) is 5.91 Å². The summed E-state index contributed by atoms with van der Waals surface area (Å²) in [7, 11) is 0. The van der Waals surface area contributed by atoms with Crippen LogP contribution in [0.2, 0.25) is 0 Å². The Bertz CT molecular complexity index is 1050. The van der Waals surface area contributed by atoms with E-state index in [0.29, 0.717) is 34.9 Å². The summed E-state index contributed by atoms with van der Waals surface area (Å²) in [6, 6.07) is 7.77. The zero-order chi connectivity index (χ0) is 27.2. The number of anilines is 3. The molecule has 0 saturated carbocycles.